The first-order chi connectivity index (χ1) is 11.2. The zero-order chi connectivity index (χ0) is 18.3. The van der Waals surface area contributed by atoms with Crippen LogP contribution in [0.25, 0.3) is 0 Å². The maximum atomic E-state index is 11.9. The van der Waals surface area contributed by atoms with E-state index in [9.17, 15) is 14.4 Å². The van der Waals surface area contributed by atoms with Gasteiger partial charge in [0.15, 0.2) is 0 Å². The fourth-order valence-corrected chi connectivity index (χ4v) is 2.12. The number of rotatable bonds is 7. The quantitative estimate of drug-likeness (QED) is 0.699. The largest absolute Gasteiger partial charge is 0.481 e. The van der Waals surface area contributed by atoms with Crippen molar-refractivity contribution >= 4 is 35.2 Å². The molecule has 0 fully saturated rings. The number of carbonyl (C=O) groups is 3. The summed E-state index contributed by atoms with van der Waals surface area (Å²) >= 11 is 5.99. The van der Waals surface area contributed by atoms with Crippen LogP contribution >= 0.6 is 11.6 Å². The minimum absolute atomic E-state index is 0.0923. The Hall–Kier alpha value is -2.28. The Morgan fingerprint density at radius 3 is 2.62 bits per heavy atom. The van der Waals surface area contributed by atoms with E-state index in [4.69, 9.17) is 16.7 Å². The van der Waals surface area contributed by atoms with Gasteiger partial charge in [0.25, 0.3) is 0 Å². The normalized spacial score (nSPS) is 11.5. The summed E-state index contributed by atoms with van der Waals surface area (Å²) in [6.07, 6.45) is 0.0972. The molecule has 1 rings (SSSR count). The number of benzene rings is 1. The van der Waals surface area contributed by atoms with E-state index in [1.54, 1.807) is 25.1 Å². The van der Waals surface area contributed by atoms with Crippen LogP contribution < -0.4 is 10.6 Å². The highest BCUT2D eigenvalue weighted by molar-refractivity contribution is 6.31. The fraction of sp³-hybridized carbons (Fsp3) is 0.438. The molecule has 0 bridgehead atoms. The highest BCUT2D eigenvalue weighted by atomic mass is 35.5. The van der Waals surface area contributed by atoms with Crippen molar-refractivity contribution in [1.29, 1.82) is 0 Å². The molecule has 132 valence electrons. The lowest BCUT2D eigenvalue weighted by Crippen LogP contribution is -2.41. The van der Waals surface area contributed by atoms with Crippen molar-refractivity contribution in [3.63, 3.8) is 0 Å². The molecular formula is C16H22ClN3O4. The van der Waals surface area contributed by atoms with Crippen molar-refractivity contribution in [1.82, 2.24) is 10.2 Å². The average molecular weight is 356 g/mol. The third-order valence-electron chi connectivity index (χ3n) is 3.49. The van der Waals surface area contributed by atoms with Crippen LogP contribution in [0.4, 0.5) is 10.5 Å². The molecule has 3 amide bonds. The van der Waals surface area contributed by atoms with Crippen molar-refractivity contribution in [2.24, 2.45) is 5.92 Å². The summed E-state index contributed by atoms with van der Waals surface area (Å²) in [5, 5.41) is 14.7. The second-order valence-electron chi connectivity index (χ2n) is 5.56. The number of carboxylic acids is 1. The van der Waals surface area contributed by atoms with E-state index in [0.29, 0.717) is 10.7 Å². The number of carbonyl (C=O) groups excluding carboxylic acids is 2. The first-order valence-electron chi connectivity index (χ1n) is 7.49. The number of hydrogen-bond donors (Lipinski definition) is 3. The van der Waals surface area contributed by atoms with Crippen molar-refractivity contribution in [2.75, 3.05) is 25.5 Å². The van der Waals surface area contributed by atoms with Crippen molar-refractivity contribution in [2.45, 2.75) is 20.3 Å². The zero-order valence-electron chi connectivity index (χ0n) is 13.9. The van der Waals surface area contributed by atoms with E-state index in [2.05, 4.69) is 10.6 Å². The van der Waals surface area contributed by atoms with Crippen LogP contribution in [0.3, 0.4) is 0 Å². The van der Waals surface area contributed by atoms with Gasteiger partial charge in [-0.05, 0) is 24.6 Å². The van der Waals surface area contributed by atoms with E-state index < -0.39 is 17.9 Å². The summed E-state index contributed by atoms with van der Waals surface area (Å²) < 4.78 is 0. The van der Waals surface area contributed by atoms with E-state index >= 15 is 0 Å². The van der Waals surface area contributed by atoms with Gasteiger partial charge in [-0.2, -0.15) is 0 Å². The number of carboxylic acid groups (broad SMARTS) is 1. The molecule has 0 heterocycles. The lowest BCUT2D eigenvalue weighted by Gasteiger charge is -2.20. The minimum Gasteiger partial charge on any atom is -0.481 e. The summed E-state index contributed by atoms with van der Waals surface area (Å²) in [4.78, 5) is 35.8. The summed E-state index contributed by atoms with van der Waals surface area (Å²) in [6, 6.07) is 4.81. The summed E-state index contributed by atoms with van der Waals surface area (Å²) in [5.41, 5.74) is 1.41. The Bertz CT molecular complexity index is 621. The summed E-state index contributed by atoms with van der Waals surface area (Å²) in [7, 11) is 1.50. The van der Waals surface area contributed by atoms with Gasteiger partial charge >= 0.3 is 12.0 Å². The lowest BCUT2D eigenvalue weighted by molar-refractivity contribution is -0.141. The molecule has 0 saturated carbocycles. The number of urea groups is 1. The predicted molar refractivity (Wildman–Crippen MR) is 92.3 cm³/mol. The van der Waals surface area contributed by atoms with Crippen LogP contribution in [0.2, 0.25) is 5.02 Å². The van der Waals surface area contributed by atoms with Crippen LogP contribution in [0, 0.1) is 12.8 Å². The zero-order valence-corrected chi connectivity index (χ0v) is 14.7. The van der Waals surface area contributed by atoms with E-state index in [1.807, 2.05) is 0 Å². The Balaban J connectivity index is 2.38. The lowest BCUT2D eigenvalue weighted by atomic mass is 10.2. The molecule has 1 unspecified atom stereocenters. The number of amides is 3. The Kier molecular flexibility index (Phi) is 7.51. The van der Waals surface area contributed by atoms with Crippen molar-refractivity contribution < 1.29 is 19.5 Å². The SMILES string of the molecule is Cc1c(Cl)cccc1NC(=O)CCNC(=O)N(C)CC(C)C(=O)O. The van der Waals surface area contributed by atoms with Gasteiger partial charge in [-0.25, -0.2) is 4.79 Å². The fourth-order valence-electron chi connectivity index (χ4n) is 1.95. The van der Waals surface area contributed by atoms with Gasteiger partial charge in [0.2, 0.25) is 5.91 Å². The second-order valence-corrected chi connectivity index (χ2v) is 5.97. The molecule has 0 aliphatic rings. The number of nitrogens with zero attached hydrogens (tertiary/aromatic N) is 1. The summed E-state index contributed by atoms with van der Waals surface area (Å²) in [5.74, 6) is -1.87. The minimum atomic E-state index is -0.967. The predicted octanol–water partition coefficient (Wildman–Crippen LogP) is 2.34. The number of nitrogens with one attached hydrogen (secondary N) is 2. The van der Waals surface area contributed by atoms with Crippen LogP contribution in [-0.4, -0.2) is 48.1 Å². The molecule has 8 heteroatoms. The molecule has 0 aliphatic heterocycles. The van der Waals surface area contributed by atoms with Crippen LogP contribution in [0.5, 0.6) is 0 Å². The molecule has 0 saturated heterocycles. The smallest absolute Gasteiger partial charge is 0.317 e. The van der Waals surface area contributed by atoms with Crippen molar-refractivity contribution in [3.8, 4) is 0 Å². The van der Waals surface area contributed by atoms with Gasteiger partial charge in [0, 0.05) is 37.3 Å². The van der Waals surface area contributed by atoms with Crippen LogP contribution in [-0.2, 0) is 9.59 Å². The average Bonchev–Trinajstić information content (AvgIpc) is 2.51. The second kappa shape index (κ2) is 9.12. The molecule has 7 nitrogen and oxygen atoms in total. The molecule has 0 aliphatic carbocycles. The van der Waals surface area contributed by atoms with Crippen LogP contribution in [0.1, 0.15) is 18.9 Å². The molecule has 0 spiro atoms. The highest BCUT2D eigenvalue weighted by Gasteiger charge is 2.17. The number of anilines is 1. The maximum Gasteiger partial charge on any atom is 0.317 e. The highest BCUT2D eigenvalue weighted by Crippen LogP contribution is 2.22. The molecule has 1 aromatic carbocycles. The third-order valence-corrected chi connectivity index (χ3v) is 3.90. The first kappa shape index (κ1) is 19.8. The molecule has 0 radical (unpaired) electrons. The third kappa shape index (κ3) is 6.08. The first-order valence-corrected chi connectivity index (χ1v) is 7.87. The van der Waals surface area contributed by atoms with Gasteiger partial charge in [-0.3, -0.25) is 9.59 Å². The number of aliphatic carboxylic acids is 1. The molecule has 1 aromatic rings. The Morgan fingerprint density at radius 1 is 1.33 bits per heavy atom. The summed E-state index contributed by atoms with van der Waals surface area (Å²) in [6.45, 7) is 3.57. The van der Waals surface area contributed by atoms with Gasteiger partial charge in [-0.1, -0.05) is 24.6 Å². The van der Waals surface area contributed by atoms with Gasteiger partial charge in [0.1, 0.15) is 0 Å². The van der Waals surface area contributed by atoms with Crippen molar-refractivity contribution in [3.05, 3.63) is 28.8 Å². The number of halogens is 1. The van der Waals surface area contributed by atoms with Crippen LogP contribution in [0.15, 0.2) is 18.2 Å². The molecular weight excluding hydrogens is 334 g/mol. The number of hydrogen-bond acceptors (Lipinski definition) is 3. The topological polar surface area (TPSA) is 98.7 Å². The van der Waals surface area contributed by atoms with Gasteiger partial charge in [-0.15, -0.1) is 0 Å². The standard InChI is InChI=1S/C16H22ClN3O4/c1-10(15(22)23)9-20(3)16(24)18-8-7-14(21)19-13-6-4-5-12(17)11(13)2/h4-6,10H,7-9H2,1-3H3,(H,18,24)(H,19,21)(H,22,23). The molecule has 1 atom stereocenters. The van der Waals surface area contributed by atoms with E-state index in [-0.39, 0.29) is 25.4 Å². The Morgan fingerprint density at radius 2 is 2.00 bits per heavy atom. The Labute approximate surface area is 146 Å². The monoisotopic (exact) mass is 355 g/mol. The molecule has 3 N–H and O–H groups in total. The van der Waals surface area contributed by atoms with Gasteiger partial charge in [0.05, 0.1) is 5.92 Å². The van der Waals surface area contributed by atoms with E-state index in [0.717, 1.165) is 5.56 Å². The van der Waals surface area contributed by atoms with E-state index in [1.165, 1.54) is 18.9 Å². The molecule has 0 aromatic heterocycles. The molecule has 24 heavy (non-hydrogen) atoms. The van der Waals surface area contributed by atoms with Gasteiger partial charge < -0.3 is 20.6 Å². The maximum absolute atomic E-state index is 11.9.